The lowest BCUT2D eigenvalue weighted by Crippen LogP contribution is -2.29. The van der Waals surface area contributed by atoms with Crippen LogP contribution < -0.4 is 0 Å². The number of benzene rings is 1. The lowest BCUT2D eigenvalue weighted by molar-refractivity contribution is -0.125. The molecule has 1 aliphatic heterocycles. The molecule has 1 unspecified atom stereocenters. The van der Waals surface area contributed by atoms with Gasteiger partial charge in [0.15, 0.2) is 0 Å². The molecule has 1 atom stereocenters. The van der Waals surface area contributed by atoms with Crippen LogP contribution in [0.2, 0.25) is 0 Å². The summed E-state index contributed by atoms with van der Waals surface area (Å²) in [6.45, 7) is 5.92. The second-order valence-corrected chi connectivity index (χ2v) is 4.78. The average molecular weight is 243 g/mol. The minimum absolute atomic E-state index is 0.160. The molecule has 0 bridgehead atoms. The summed E-state index contributed by atoms with van der Waals surface area (Å²) in [5.41, 5.74) is 2.40. The standard InChI is InChI=1S/C16H21NO/c1-3-13-10-11-17(4-2)16(18)12-15(13)14-8-6-5-7-9-14/h5-9,12-13H,3-4,10-11H2,1-2H3. The van der Waals surface area contributed by atoms with Gasteiger partial charge in [0, 0.05) is 19.2 Å². The van der Waals surface area contributed by atoms with Gasteiger partial charge in [-0.25, -0.2) is 0 Å². The second kappa shape index (κ2) is 5.85. The molecule has 2 heteroatoms. The number of nitrogens with zero attached hydrogens (tertiary/aromatic N) is 1. The predicted molar refractivity (Wildman–Crippen MR) is 75.1 cm³/mol. The highest BCUT2D eigenvalue weighted by atomic mass is 16.2. The zero-order valence-electron chi connectivity index (χ0n) is 11.2. The van der Waals surface area contributed by atoms with Crippen molar-refractivity contribution in [2.75, 3.05) is 13.1 Å². The highest BCUT2D eigenvalue weighted by molar-refractivity contribution is 5.96. The molecule has 0 N–H and O–H groups in total. The minimum Gasteiger partial charge on any atom is -0.339 e. The topological polar surface area (TPSA) is 20.3 Å². The Bertz CT molecular complexity index is 436. The first-order chi connectivity index (χ1) is 8.76. The van der Waals surface area contributed by atoms with Gasteiger partial charge in [-0.15, -0.1) is 0 Å². The first-order valence-corrected chi connectivity index (χ1v) is 6.82. The van der Waals surface area contributed by atoms with E-state index in [2.05, 4.69) is 19.1 Å². The molecule has 0 aromatic heterocycles. The summed E-state index contributed by atoms with van der Waals surface area (Å²) in [6.07, 6.45) is 4.00. The molecule has 0 aliphatic carbocycles. The Hall–Kier alpha value is -1.57. The summed E-state index contributed by atoms with van der Waals surface area (Å²) in [4.78, 5) is 14.1. The van der Waals surface area contributed by atoms with Gasteiger partial charge in [0.25, 0.3) is 0 Å². The molecule has 1 amide bonds. The molecular weight excluding hydrogens is 222 g/mol. The fourth-order valence-electron chi connectivity index (χ4n) is 2.61. The minimum atomic E-state index is 0.160. The van der Waals surface area contributed by atoms with Gasteiger partial charge in [0.2, 0.25) is 5.91 Å². The second-order valence-electron chi connectivity index (χ2n) is 4.78. The number of allylic oxidation sites excluding steroid dienone is 1. The summed E-state index contributed by atoms with van der Waals surface area (Å²) in [5, 5.41) is 0. The number of rotatable bonds is 3. The summed E-state index contributed by atoms with van der Waals surface area (Å²) in [6, 6.07) is 10.3. The molecule has 0 saturated heterocycles. The molecule has 1 aliphatic rings. The predicted octanol–water partition coefficient (Wildman–Crippen LogP) is 3.35. The van der Waals surface area contributed by atoms with Crippen molar-refractivity contribution in [3.05, 3.63) is 42.0 Å². The van der Waals surface area contributed by atoms with E-state index in [1.54, 1.807) is 0 Å². The number of hydrogen-bond acceptors (Lipinski definition) is 1. The van der Waals surface area contributed by atoms with Crippen LogP contribution in [0.4, 0.5) is 0 Å². The van der Waals surface area contributed by atoms with Crippen LogP contribution in [0.25, 0.3) is 5.57 Å². The van der Waals surface area contributed by atoms with Crippen LogP contribution in [0.3, 0.4) is 0 Å². The largest absolute Gasteiger partial charge is 0.339 e. The molecule has 1 aromatic carbocycles. The maximum absolute atomic E-state index is 12.1. The van der Waals surface area contributed by atoms with Gasteiger partial charge in [0.1, 0.15) is 0 Å². The number of likely N-dealkylation sites (N-methyl/N-ethyl adjacent to an activating group) is 1. The third kappa shape index (κ3) is 2.63. The molecule has 0 radical (unpaired) electrons. The van der Waals surface area contributed by atoms with Crippen LogP contribution >= 0.6 is 0 Å². The fraction of sp³-hybridized carbons (Fsp3) is 0.438. The van der Waals surface area contributed by atoms with Gasteiger partial charge < -0.3 is 4.90 Å². The zero-order chi connectivity index (χ0) is 13.0. The van der Waals surface area contributed by atoms with E-state index in [9.17, 15) is 4.79 Å². The van der Waals surface area contributed by atoms with Crippen LogP contribution in [0.1, 0.15) is 32.3 Å². The molecule has 0 saturated carbocycles. The Labute approximate surface area is 109 Å². The molecule has 0 spiro atoms. The van der Waals surface area contributed by atoms with Crippen LogP contribution in [0, 0.1) is 5.92 Å². The fourth-order valence-corrected chi connectivity index (χ4v) is 2.61. The quantitative estimate of drug-likeness (QED) is 0.797. The normalized spacial score (nSPS) is 20.6. The Morgan fingerprint density at radius 3 is 2.56 bits per heavy atom. The summed E-state index contributed by atoms with van der Waals surface area (Å²) < 4.78 is 0. The Morgan fingerprint density at radius 2 is 1.94 bits per heavy atom. The van der Waals surface area contributed by atoms with Crippen molar-refractivity contribution in [1.29, 1.82) is 0 Å². The third-order valence-electron chi connectivity index (χ3n) is 3.76. The van der Waals surface area contributed by atoms with Crippen LogP contribution in [0.15, 0.2) is 36.4 Å². The van der Waals surface area contributed by atoms with Gasteiger partial charge in [-0.3, -0.25) is 4.79 Å². The van der Waals surface area contributed by atoms with E-state index in [1.165, 1.54) is 11.1 Å². The molecule has 96 valence electrons. The van der Waals surface area contributed by atoms with Gasteiger partial charge in [0.05, 0.1) is 0 Å². The van der Waals surface area contributed by atoms with E-state index < -0.39 is 0 Å². The highest BCUT2D eigenvalue weighted by Gasteiger charge is 2.22. The van der Waals surface area contributed by atoms with E-state index in [0.717, 1.165) is 25.9 Å². The average Bonchev–Trinajstić information content (AvgIpc) is 2.58. The van der Waals surface area contributed by atoms with Gasteiger partial charge in [-0.05, 0) is 36.8 Å². The Morgan fingerprint density at radius 1 is 1.22 bits per heavy atom. The van der Waals surface area contributed by atoms with Crippen molar-refractivity contribution in [3.8, 4) is 0 Å². The molecule has 2 rings (SSSR count). The maximum Gasteiger partial charge on any atom is 0.246 e. The maximum atomic E-state index is 12.1. The SMILES string of the molecule is CCC1CCN(CC)C(=O)C=C1c1ccccc1. The van der Waals surface area contributed by atoms with E-state index in [-0.39, 0.29) is 5.91 Å². The van der Waals surface area contributed by atoms with E-state index in [1.807, 2.05) is 36.1 Å². The van der Waals surface area contributed by atoms with E-state index >= 15 is 0 Å². The van der Waals surface area contributed by atoms with Gasteiger partial charge >= 0.3 is 0 Å². The van der Waals surface area contributed by atoms with Crippen LogP contribution in [0.5, 0.6) is 0 Å². The monoisotopic (exact) mass is 243 g/mol. The van der Waals surface area contributed by atoms with Crippen molar-refractivity contribution in [2.45, 2.75) is 26.7 Å². The first-order valence-electron chi connectivity index (χ1n) is 6.82. The van der Waals surface area contributed by atoms with E-state index in [0.29, 0.717) is 5.92 Å². The smallest absolute Gasteiger partial charge is 0.246 e. The van der Waals surface area contributed by atoms with E-state index in [4.69, 9.17) is 0 Å². The lowest BCUT2D eigenvalue weighted by Gasteiger charge is -2.19. The summed E-state index contributed by atoms with van der Waals surface area (Å²) in [7, 11) is 0. The molecule has 0 fully saturated rings. The number of amides is 1. The number of carbonyl (C=O) groups excluding carboxylic acids is 1. The third-order valence-corrected chi connectivity index (χ3v) is 3.76. The molecule has 1 heterocycles. The van der Waals surface area contributed by atoms with Crippen molar-refractivity contribution >= 4 is 11.5 Å². The number of carbonyl (C=O) groups is 1. The Kier molecular flexibility index (Phi) is 4.19. The highest BCUT2D eigenvalue weighted by Crippen LogP contribution is 2.31. The number of hydrogen-bond donors (Lipinski definition) is 0. The molecular formula is C16H21NO. The summed E-state index contributed by atoms with van der Waals surface area (Å²) >= 11 is 0. The summed E-state index contributed by atoms with van der Waals surface area (Å²) in [5.74, 6) is 0.653. The van der Waals surface area contributed by atoms with Gasteiger partial charge in [-0.1, -0.05) is 37.3 Å². The first kappa shape index (κ1) is 12.9. The molecule has 1 aromatic rings. The molecule has 18 heavy (non-hydrogen) atoms. The Balaban J connectivity index is 2.36. The lowest BCUT2D eigenvalue weighted by atomic mass is 9.88. The van der Waals surface area contributed by atoms with Crippen molar-refractivity contribution in [2.24, 2.45) is 5.92 Å². The van der Waals surface area contributed by atoms with Crippen molar-refractivity contribution < 1.29 is 4.79 Å². The van der Waals surface area contributed by atoms with Crippen LogP contribution in [-0.4, -0.2) is 23.9 Å². The van der Waals surface area contributed by atoms with Crippen molar-refractivity contribution in [1.82, 2.24) is 4.90 Å². The zero-order valence-corrected chi connectivity index (χ0v) is 11.2. The van der Waals surface area contributed by atoms with Crippen LogP contribution in [-0.2, 0) is 4.79 Å². The van der Waals surface area contributed by atoms with Crippen molar-refractivity contribution in [3.63, 3.8) is 0 Å². The van der Waals surface area contributed by atoms with Gasteiger partial charge in [-0.2, -0.15) is 0 Å². The molecule has 2 nitrogen and oxygen atoms in total.